The second-order valence-corrected chi connectivity index (χ2v) is 9.43. The highest BCUT2D eigenvalue weighted by atomic mass is 16.5. The van der Waals surface area contributed by atoms with Crippen molar-refractivity contribution < 1.29 is 14.6 Å². The molecule has 1 aromatic heterocycles. The van der Waals surface area contributed by atoms with Gasteiger partial charge in [0.05, 0.1) is 17.6 Å². The van der Waals surface area contributed by atoms with E-state index in [1.54, 1.807) is 0 Å². The van der Waals surface area contributed by atoms with E-state index in [1.807, 2.05) is 60.4 Å². The normalized spacial score (nSPS) is 18.0. The number of hydrogen-bond acceptors (Lipinski definition) is 4. The highest BCUT2D eigenvalue weighted by molar-refractivity contribution is 5.81. The molecule has 1 amide bonds. The Hall–Kier alpha value is -2.86. The molecule has 6 heteroatoms. The molecule has 1 saturated heterocycles. The van der Waals surface area contributed by atoms with E-state index in [2.05, 4.69) is 25.3 Å². The van der Waals surface area contributed by atoms with E-state index in [0.29, 0.717) is 19.5 Å². The number of imidazole rings is 1. The van der Waals surface area contributed by atoms with Crippen LogP contribution in [-0.4, -0.2) is 50.3 Å². The maximum Gasteiger partial charge on any atom is 0.223 e. The van der Waals surface area contributed by atoms with Crippen molar-refractivity contribution in [2.75, 3.05) is 13.2 Å². The zero-order chi connectivity index (χ0) is 22.2. The van der Waals surface area contributed by atoms with Crippen molar-refractivity contribution in [3.8, 4) is 5.75 Å². The van der Waals surface area contributed by atoms with Crippen LogP contribution in [0.2, 0.25) is 0 Å². The number of ether oxygens (including phenoxy) is 1. The van der Waals surface area contributed by atoms with Crippen molar-refractivity contribution in [3.05, 3.63) is 59.9 Å². The van der Waals surface area contributed by atoms with Gasteiger partial charge in [0, 0.05) is 24.4 Å². The van der Waals surface area contributed by atoms with Crippen LogP contribution >= 0.6 is 0 Å². The van der Waals surface area contributed by atoms with Crippen molar-refractivity contribution in [3.63, 3.8) is 0 Å². The SMILES string of the molecule is Cc1cccc(OC[C@@H](O)Cn2c([C@@H]3CC(=O)N(C(C)(C)C)C3)nc3ccccc32)c1. The number of aliphatic hydroxyl groups excluding tert-OH is 1. The van der Waals surface area contributed by atoms with Crippen molar-refractivity contribution >= 4 is 16.9 Å². The summed E-state index contributed by atoms with van der Waals surface area (Å²) >= 11 is 0. The summed E-state index contributed by atoms with van der Waals surface area (Å²) in [7, 11) is 0. The first-order valence-corrected chi connectivity index (χ1v) is 10.9. The largest absolute Gasteiger partial charge is 0.491 e. The molecule has 2 atom stereocenters. The predicted octanol–water partition coefficient (Wildman–Crippen LogP) is 3.90. The number of aryl methyl sites for hydroxylation is 1. The van der Waals surface area contributed by atoms with Crippen LogP contribution in [0.15, 0.2) is 48.5 Å². The fraction of sp³-hybridized carbons (Fsp3) is 0.440. The summed E-state index contributed by atoms with van der Waals surface area (Å²) in [6, 6.07) is 15.7. The molecule has 0 spiro atoms. The van der Waals surface area contributed by atoms with Crippen LogP contribution in [0.5, 0.6) is 5.75 Å². The molecular formula is C25H31N3O3. The quantitative estimate of drug-likeness (QED) is 0.656. The average Bonchev–Trinajstić information content (AvgIpc) is 3.27. The van der Waals surface area contributed by atoms with Crippen LogP contribution in [-0.2, 0) is 11.3 Å². The van der Waals surface area contributed by atoms with Crippen LogP contribution in [0.25, 0.3) is 11.0 Å². The number of para-hydroxylation sites is 2. The highest BCUT2D eigenvalue weighted by Crippen LogP contribution is 2.34. The molecule has 6 nitrogen and oxygen atoms in total. The van der Waals surface area contributed by atoms with Crippen molar-refractivity contribution in [1.29, 1.82) is 0 Å². The number of benzene rings is 2. The number of carbonyl (C=O) groups is 1. The Bertz CT molecular complexity index is 1080. The van der Waals surface area contributed by atoms with Gasteiger partial charge in [0.1, 0.15) is 24.3 Å². The number of amides is 1. The van der Waals surface area contributed by atoms with Crippen LogP contribution < -0.4 is 4.74 Å². The molecule has 2 heterocycles. The Morgan fingerprint density at radius 3 is 2.68 bits per heavy atom. The number of carbonyl (C=O) groups excluding carboxylic acids is 1. The summed E-state index contributed by atoms with van der Waals surface area (Å²) in [6.45, 7) is 9.38. The zero-order valence-electron chi connectivity index (χ0n) is 18.7. The third-order valence-corrected chi connectivity index (χ3v) is 5.81. The lowest BCUT2D eigenvalue weighted by Gasteiger charge is -2.32. The fourth-order valence-corrected chi connectivity index (χ4v) is 4.29. The molecule has 1 aliphatic rings. The lowest BCUT2D eigenvalue weighted by Crippen LogP contribution is -2.42. The lowest BCUT2D eigenvalue weighted by atomic mass is 10.1. The first kappa shape index (κ1) is 21.4. The van der Waals surface area contributed by atoms with E-state index in [1.165, 1.54) is 0 Å². The van der Waals surface area contributed by atoms with Gasteiger partial charge >= 0.3 is 0 Å². The standard InChI is InChI=1S/C25H31N3O3/c1-17-8-7-9-20(12-17)31-16-19(29)15-27-22-11-6-5-10-21(22)26-24(27)18-13-23(30)28(14-18)25(2,3)4/h5-12,18-19,29H,13-16H2,1-4H3/t18-,19+/m1/s1. The fourth-order valence-electron chi connectivity index (χ4n) is 4.29. The smallest absolute Gasteiger partial charge is 0.223 e. The highest BCUT2D eigenvalue weighted by Gasteiger charge is 2.39. The second-order valence-electron chi connectivity index (χ2n) is 9.43. The van der Waals surface area contributed by atoms with Gasteiger partial charge in [-0.1, -0.05) is 24.3 Å². The number of hydrogen-bond donors (Lipinski definition) is 1. The third kappa shape index (κ3) is 4.59. The third-order valence-electron chi connectivity index (χ3n) is 5.81. The van der Waals surface area contributed by atoms with Gasteiger partial charge in [-0.3, -0.25) is 4.79 Å². The Morgan fingerprint density at radius 2 is 1.97 bits per heavy atom. The summed E-state index contributed by atoms with van der Waals surface area (Å²) in [6.07, 6.45) is -0.260. The van der Waals surface area contributed by atoms with E-state index in [9.17, 15) is 9.90 Å². The average molecular weight is 422 g/mol. The van der Waals surface area contributed by atoms with Gasteiger partial charge in [0.2, 0.25) is 5.91 Å². The van der Waals surface area contributed by atoms with Gasteiger partial charge < -0.3 is 19.3 Å². The Kier molecular flexibility index (Phi) is 5.75. The molecule has 0 bridgehead atoms. The van der Waals surface area contributed by atoms with Crippen molar-refractivity contribution in [1.82, 2.24) is 14.5 Å². The summed E-state index contributed by atoms with van der Waals surface area (Å²) in [4.78, 5) is 19.4. The minimum Gasteiger partial charge on any atom is -0.491 e. The summed E-state index contributed by atoms with van der Waals surface area (Å²) in [5, 5.41) is 10.8. The second kappa shape index (κ2) is 8.35. The molecule has 0 aliphatic carbocycles. The zero-order valence-corrected chi connectivity index (χ0v) is 18.7. The number of rotatable bonds is 6. The number of fused-ring (bicyclic) bond motifs is 1. The van der Waals surface area contributed by atoms with E-state index in [4.69, 9.17) is 9.72 Å². The molecule has 1 N–H and O–H groups in total. The summed E-state index contributed by atoms with van der Waals surface area (Å²) in [5.74, 6) is 1.76. The monoisotopic (exact) mass is 421 g/mol. The summed E-state index contributed by atoms with van der Waals surface area (Å²) < 4.78 is 7.87. The Balaban J connectivity index is 1.56. The molecular weight excluding hydrogens is 390 g/mol. The molecule has 0 radical (unpaired) electrons. The van der Waals surface area contributed by atoms with E-state index < -0.39 is 6.10 Å². The Morgan fingerprint density at radius 1 is 1.19 bits per heavy atom. The van der Waals surface area contributed by atoms with E-state index in [0.717, 1.165) is 28.2 Å². The van der Waals surface area contributed by atoms with E-state index >= 15 is 0 Å². The Labute approximate surface area is 183 Å². The van der Waals surface area contributed by atoms with Crippen molar-refractivity contribution in [2.24, 2.45) is 0 Å². The molecule has 2 aromatic carbocycles. The van der Waals surface area contributed by atoms with Gasteiger partial charge in [-0.25, -0.2) is 4.98 Å². The minimum absolute atomic E-state index is 0.00372. The first-order valence-electron chi connectivity index (χ1n) is 10.9. The van der Waals surface area contributed by atoms with Crippen LogP contribution in [0.1, 0.15) is 44.5 Å². The molecule has 0 unspecified atom stereocenters. The van der Waals surface area contributed by atoms with Gasteiger partial charge in [0.25, 0.3) is 0 Å². The maximum absolute atomic E-state index is 12.7. The van der Waals surface area contributed by atoms with E-state index in [-0.39, 0.29) is 24.0 Å². The molecule has 31 heavy (non-hydrogen) atoms. The van der Waals surface area contributed by atoms with Gasteiger partial charge in [-0.05, 0) is 57.5 Å². The summed E-state index contributed by atoms with van der Waals surface area (Å²) in [5.41, 5.74) is 2.74. The van der Waals surface area contributed by atoms with Crippen molar-refractivity contribution in [2.45, 2.75) is 58.2 Å². The van der Waals surface area contributed by atoms with Crippen LogP contribution in [0.3, 0.4) is 0 Å². The minimum atomic E-state index is -0.701. The number of nitrogens with zero attached hydrogens (tertiary/aromatic N) is 3. The van der Waals surface area contributed by atoms with Gasteiger partial charge in [-0.2, -0.15) is 0 Å². The predicted molar refractivity (Wildman–Crippen MR) is 121 cm³/mol. The molecule has 1 aliphatic heterocycles. The molecule has 3 aromatic rings. The molecule has 1 fully saturated rings. The first-order chi connectivity index (χ1) is 14.7. The lowest BCUT2D eigenvalue weighted by molar-refractivity contribution is -0.131. The molecule has 0 saturated carbocycles. The van der Waals surface area contributed by atoms with Gasteiger partial charge in [0.15, 0.2) is 0 Å². The molecule has 4 rings (SSSR count). The number of likely N-dealkylation sites (tertiary alicyclic amines) is 1. The van der Waals surface area contributed by atoms with Crippen LogP contribution in [0.4, 0.5) is 0 Å². The molecule has 164 valence electrons. The van der Waals surface area contributed by atoms with Crippen LogP contribution in [0, 0.1) is 6.92 Å². The van der Waals surface area contributed by atoms with Gasteiger partial charge in [-0.15, -0.1) is 0 Å². The topological polar surface area (TPSA) is 67.6 Å². The number of aromatic nitrogens is 2. The number of aliphatic hydroxyl groups is 1. The maximum atomic E-state index is 12.7.